The van der Waals surface area contributed by atoms with Crippen LogP contribution >= 0.6 is 0 Å². The minimum atomic E-state index is -0.0998. The Balaban J connectivity index is 1.47. The fraction of sp³-hybridized carbons (Fsp3) is 0.800. The van der Waals surface area contributed by atoms with E-state index in [9.17, 15) is 5.11 Å². The lowest BCUT2D eigenvalue weighted by atomic mass is 9.99. The molecular weight excluding hydrogens is 252 g/mol. The normalized spacial score (nSPS) is 27.0. The number of aromatic nitrogens is 2. The van der Waals surface area contributed by atoms with E-state index in [1.807, 2.05) is 17.9 Å². The summed E-state index contributed by atoms with van der Waals surface area (Å²) >= 11 is 0. The van der Waals surface area contributed by atoms with Crippen LogP contribution in [0.5, 0.6) is 0 Å². The molecule has 1 N–H and O–H groups in total. The van der Waals surface area contributed by atoms with Gasteiger partial charge in [0.1, 0.15) is 0 Å². The Labute approximate surface area is 121 Å². The molecular formula is C15H26N4O. The Morgan fingerprint density at radius 3 is 2.70 bits per heavy atom. The summed E-state index contributed by atoms with van der Waals surface area (Å²) in [4.78, 5) is 5.03. The summed E-state index contributed by atoms with van der Waals surface area (Å²) in [6.07, 6.45) is 8.56. The molecule has 2 aliphatic rings. The standard InChI is InChI=1S/C15H26N4O/c1-17-10-13(9-16-17)11-18-7-4-14(5-8-18)19-6-2-3-15(20)12-19/h9-10,14-15,20H,2-8,11-12H2,1H3. The lowest BCUT2D eigenvalue weighted by molar-refractivity contribution is 0.0243. The SMILES string of the molecule is Cn1cc(CN2CCC(N3CCCC(O)C3)CC2)cn1. The van der Waals surface area contributed by atoms with Crippen LogP contribution in [0.25, 0.3) is 0 Å². The summed E-state index contributed by atoms with van der Waals surface area (Å²) in [5, 5.41) is 14.0. The fourth-order valence-electron chi connectivity index (χ4n) is 3.57. The van der Waals surface area contributed by atoms with Gasteiger partial charge in [-0.1, -0.05) is 0 Å². The number of β-amino-alcohol motifs (C(OH)–C–C–N with tert-alkyl or cyclic N) is 1. The summed E-state index contributed by atoms with van der Waals surface area (Å²) in [6, 6.07) is 0.676. The number of piperidine rings is 2. The molecule has 1 atom stereocenters. The second-order valence-corrected chi connectivity index (χ2v) is 6.32. The molecule has 2 saturated heterocycles. The molecule has 1 aromatic rings. The van der Waals surface area contributed by atoms with Crippen molar-refractivity contribution in [1.82, 2.24) is 19.6 Å². The molecule has 5 heteroatoms. The van der Waals surface area contributed by atoms with Crippen LogP contribution in [0.2, 0.25) is 0 Å². The Morgan fingerprint density at radius 2 is 2.05 bits per heavy atom. The van der Waals surface area contributed by atoms with E-state index in [0.29, 0.717) is 6.04 Å². The summed E-state index contributed by atoms with van der Waals surface area (Å²) in [5.41, 5.74) is 1.30. The van der Waals surface area contributed by atoms with E-state index in [1.165, 1.54) is 24.9 Å². The number of aliphatic hydroxyl groups is 1. The van der Waals surface area contributed by atoms with Crippen LogP contribution in [0.1, 0.15) is 31.2 Å². The van der Waals surface area contributed by atoms with Crippen molar-refractivity contribution >= 4 is 0 Å². The van der Waals surface area contributed by atoms with Crippen molar-refractivity contribution in [2.75, 3.05) is 26.2 Å². The molecule has 3 rings (SSSR count). The highest BCUT2D eigenvalue weighted by Crippen LogP contribution is 2.22. The van der Waals surface area contributed by atoms with Crippen LogP contribution in [0.15, 0.2) is 12.4 Å². The van der Waals surface area contributed by atoms with E-state index in [4.69, 9.17) is 0 Å². The maximum Gasteiger partial charge on any atom is 0.0667 e. The molecule has 20 heavy (non-hydrogen) atoms. The van der Waals surface area contributed by atoms with Crippen molar-refractivity contribution < 1.29 is 5.11 Å². The molecule has 0 radical (unpaired) electrons. The van der Waals surface area contributed by atoms with Crippen molar-refractivity contribution in [3.8, 4) is 0 Å². The van der Waals surface area contributed by atoms with Crippen molar-refractivity contribution in [2.24, 2.45) is 7.05 Å². The van der Waals surface area contributed by atoms with Crippen LogP contribution in [0.4, 0.5) is 0 Å². The Morgan fingerprint density at radius 1 is 1.25 bits per heavy atom. The van der Waals surface area contributed by atoms with Crippen LogP contribution in [0.3, 0.4) is 0 Å². The van der Waals surface area contributed by atoms with Crippen molar-refractivity contribution in [2.45, 2.75) is 44.4 Å². The minimum absolute atomic E-state index is 0.0998. The van der Waals surface area contributed by atoms with Crippen LogP contribution in [-0.4, -0.2) is 63.0 Å². The second-order valence-electron chi connectivity index (χ2n) is 6.32. The summed E-state index contributed by atoms with van der Waals surface area (Å²) < 4.78 is 1.87. The summed E-state index contributed by atoms with van der Waals surface area (Å²) in [5.74, 6) is 0. The zero-order valence-corrected chi connectivity index (χ0v) is 12.4. The number of nitrogens with zero attached hydrogens (tertiary/aromatic N) is 4. The van der Waals surface area contributed by atoms with Gasteiger partial charge < -0.3 is 5.11 Å². The summed E-state index contributed by atoms with van der Waals surface area (Å²) in [7, 11) is 1.97. The average molecular weight is 278 g/mol. The molecule has 0 saturated carbocycles. The van der Waals surface area contributed by atoms with Crippen molar-refractivity contribution in [1.29, 1.82) is 0 Å². The first-order chi connectivity index (χ1) is 9.70. The lowest BCUT2D eigenvalue weighted by Gasteiger charge is -2.41. The number of rotatable bonds is 3. The second kappa shape index (κ2) is 6.24. The first-order valence-corrected chi connectivity index (χ1v) is 7.83. The monoisotopic (exact) mass is 278 g/mol. The van der Waals surface area contributed by atoms with E-state index in [2.05, 4.69) is 21.1 Å². The van der Waals surface area contributed by atoms with E-state index in [0.717, 1.165) is 39.0 Å². The Bertz CT molecular complexity index is 425. The van der Waals surface area contributed by atoms with E-state index in [-0.39, 0.29) is 6.10 Å². The number of aliphatic hydroxyl groups excluding tert-OH is 1. The predicted molar refractivity (Wildman–Crippen MR) is 78.3 cm³/mol. The molecule has 112 valence electrons. The summed E-state index contributed by atoms with van der Waals surface area (Å²) in [6.45, 7) is 5.39. The highest BCUT2D eigenvalue weighted by molar-refractivity contribution is 5.03. The van der Waals surface area contributed by atoms with Gasteiger partial charge in [-0.25, -0.2) is 0 Å². The van der Waals surface area contributed by atoms with Gasteiger partial charge in [-0.2, -0.15) is 5.10 Å². The largest absolute Gasteiger partial charge is 0.392 e. The maximum atomic E-state index is 9.80. The molecule has 0 bridgehead atoms. The highest BCUT2D eigenvalue weighted by Gasteiger charge is 2.28. The van der Waals surface area contributed by atoms with Gasteiger partial charge in [0.15, 0.2) is 0 Å². The maximum absolute atomic E-state index is 9.80. The van der Waals surface area contributed by atoms with E-state index in [1.54, 1.807) is 0 Å². The number of hydrogen-bond donors (Lipinski definition) is 1. The van der Waals surface area contributed by atoms with Crippen LogP contribution < -0.4 is 0 Å². The Kier molecular flexibility index (Phi) is 4.38. The molecule has 0 aliphatic carbocycles. The third kappa shape index (κ3) is 3.40. The number of hydrogen-bond acceptors (Lipinski definition) is 4. The molecule has 3 heterocycles. The van der Waals surface area contributed by atoms with Gasteiger partial charge in [0.05, 0.1) is 12.3 Å². The topological polar surface area (TPSA) is 44.5 Å². The van der Waals surface area contributed by atoms with Crippen LogP contribution in [-0.2, 0) is 13.6 Å². The zero-order valence-electron chi connectivity index (χ0n) is 12.4. The first-order valence-electron chi connectivity index (χ1n) is 7.83. The van der Waals surface area contributed by atoms with Gasteiger partial charge >= 0.3 is 0 Å². The lowest BCUT2D eigenvalue weighted by Crippen LogP contribution is -2.49. The zero-order chi connectivity index (χ0) is 13.9. The van der Waals surface area contributed by atoms with E-state index < -0.39 is 0 Å². The molecule has 5 nitrogen and oxygen atoms in total. The highest BCUT2D eigenvalue weighted by atomic mass is 16.3. The quantitative estimate of drug-likeness (QED) is 0.890. The fourth-order valence-corrected chi connectivity index (χ4v) is 3.57. The van der Waals surface area contributed by atoms with Gasteiger partial charge in [0.25, 0.3) is 0 Å². The van der Waals surface area contributed by atoms with Gasteiger partial charge in [-0.05, 0) is 45.3 Å². The number of likely N-dealkylation sites (tertiary alicyclic amines) is 2. The molecule has 1 aromatic heterocycles. The molecule has 0 aromatic carbocycles. The molecule has 2 fully saturated rings. The average Bonchev–Trinajstić information content (AvgIpc) is 2.85. The molecule has 0 amide bonds. The van der Waals surface area contributed by atoms with Crippen molar-refractivity contribution in [3.63, 3.8) is 0 Å². The van der Waals surface area contributed by atoms with Gasteiger partial charge in [-0.15, -0.1) is 0 Å². The Hall–Kier alpha value is -0.910. The van der Waals surface area contributed by atoms with Crippen LogP contribution in [0, 0.1) is 0 Å². The molecule has 0 spiro atoms. The third-order valence-electron chi connectivity index (χ3n) is 4.67. The third-order valence-corrected chi connectivity index (χ3v) is 4.67. The van der Waals surface area contributed by atoms with E-state index >= 15 is 0 Å². The first kappa shape index (κ1) is 14.0. The smallest absolute Gasteiger partial charge is 0.0667 e. The van der Waals surface area contributed by atoms with Gasteiger partial charge in [0.2, 0.25) is 0 Å². The molecule has 2 aliphatic heterocycles. The van der Waals surface area contributed by atoms with Gasteiger partial charge in [-0.3, -0.25) is 14.5 Å². The minimum Gasteiger partial charge on any atom is -0.392 e. The molecule has 1 unspecified atom stereocenters. The predicted octanol–water partition coefficient (Wildman–Crippen LogP) is 0.841. The van der Waals surface area contributed by atoms with Gasteiger partial charge in [0, 0.05) is 37.9 Å². The van der Waals surface area contributed by atoms with Crippen molar-refractivity contribution in [3.05, 3.63) is 18.0 Å². The number of aryl methyl sites for hydroxylation is 1.